The number of likely N-dealkylation sites (tertiary alicyclic amines) is 1. The third kappa shape index (κ3) is 3.67. The van der Waals surface area contributed by atoms with Gasteiger partial charge in [0.05, 0.1) is 6.10 Å². The molecule has 1 saturated heterocycles. The van der Waals surface area contributed by atoms with Gasteiger partial charge in [0.15, 0.2) is 0 Å². The number of hydrogen-bond donors (Lipinski definition) is 2. The highest BCUT2D eigenvalue weighted by molar-refractivity contribution is 4.85. The summed E-state index contributed by atoms with van der Waals surface area (Å²) in [5.41, 5.74) is 6.26. The molecule has 1 heterocycles. The van der Waals surface area contributed by atoms with Crippen molar-refractivity contribution < 1.29 is 5.11 Å². The average molecular weight is 240 g/mol. The maximum Gasteiger partial charge on any atom is 0.0667 e. The molecule has 0 aromatic heterocycles. The van der Waals surface area contributed by atoms with Crippen LogP contribution in [0.4, 0.5) is 0 Å². The SMILES string of the molecule is CCC1CCC(N)C(CN2CCCC(O)C2)C1. The second-order valence-electron chi connectivity index (χ2n) is 6.07. The first-order valence-corrected chi connectivity index (χ1v) is 7.35. The Morgan fingerprint density at radius 1 is 1.29 bits per heavy atom. The summed E-state index contributed by atoms with van der Waals surface area (Å²) >= 11 is 0. The zero-order valence-electron chi connectivity index (χ0n) is 11.1. The second-order valence-corrected chi connectivity index (χ2v) is 6.07. The van der Waals surface area contributed by atoms with Crippen LogP contribution >= 0.6 is 0 Å². The highest BCUT2D eigenvalue weighted by Crippen LogP contribution is 2.31. The summed E-state index contributed by atoms with van der Waals surface area (Å²) in [7, 11) is 0. The zero-order valence-corrected chi connectivity index (χ0v) is 11.1. The Bertz CT molecular complexity index is 234. The molecular weight excluding hydrogens is 212 g/mol. The monoisotopic (exact) mass is 240 g/mol. The van der Waals surface area contributed by atoms with Crippen LogP contribution in [-0.2, 0) is 0 Å². The molecule has 2 fully saturated rings. The van der Waals surface area contributed by atoms with E-state index in [-0.39, 0.29) is 6.10 Å². The lowest BCUT2D eigenvalue weighted by molar-refractivity contribution is 0.0515. The van der Waals surface area contributed by atoms with Crippen LogP contribution in [0.15, 0.2) is 0 Å². The molecule has 0 bridgehead atoms. The van der Waals surface area contributed by atoms with E-state index in [0.717, 1.165) is 38.4 Å². The molecule has 0 spiro atoms. The lowest BCUT2D eigenvalue weighted by Crippen LogP contribution is -2.46. The maximum atomic E-state index is 9.70. The fourth-order valence-electron chi connectivity index (χ4n) is 3.49. The third-order valence-corrected chi connectivity index (χ3v) is 4.70. The van der Waals surface area contributed by atoms with Gasteiger partial charge in [0.25, 0.3) is 0 Å². The zero-order chi connectivity index (χ0) is 12.3. The van der Waals surface area contributed by atoms with Gasteiger partial charge in [-0.25, -0.2) is 0 Å². The van der Waals surface area contributed by atoms with Gasteiger partial charge in [-0.3, -0.25) is 0 Å². The molecule has 3 N–H and O–H groups in total. The molecule has 4 unspecified atom stereocenters. The second kappa shape index (κ2) is 6.17. The van der Waals surface area contributed by atoms with Gasteiger partial charge in [-0.15, -0.1) is 0 Å². The van der Waals surface area contributed by atoms with Crippen LogP contribution in [0.1, 0.15) is 45.4 Å². The minimum absolute atomic E-state index is 0.106. The smallest absolute Gasteiger partial charge is 0.0667 e. The Balaban J connectivity index is 1.83. The van der Waals surface area contributed by atoms with Gasteiger partial charge in [-0.2, -0.15) is 0 Å². The van der Waals surface area contributed by atoms with Crippen LogP contribution in [0, 0.1) is 11.8 Å². The summed E-state index contributed by atoms with van der Waals surface area (Å²) in [6.07, 6.45) is 7.11. The molecule has 1 aliphatic heterocycles. The number of nitrogens with two attached hydrogens (primary N) is 1. The first kappa shape index (κ1) is 13.3. The standard InChI is InChI=1S/C14H28N2O/c1-2-11-5-6-14(15)12(8-11)9-16-7-3-4-13(17)10-16/h11-14,17H,2-10,15H2,1H3. The Morgan fingerprint density at radius 2 is 2.12 bits per heavy atom. The molecule has 1 saturated carbocycles. The number of aliphatic hydroxyl groups excluding tert-OH is 1. The van der Waals surface area contributed by atoms with E-state index in [1.807, 2.05) is 0 Å². The van der Waals surface area contributed by atoms with E-state index in [4.69, 9.17) is 5.73 Å². The molecule has 0 amide bonds. The van der Waals surface area contributed by atoms with E-state index < -0.39 is 0 Å². The summed E-state index contributed by atoms with van der Waals surface area (Å²) in [6, 6.07) is 0.386. The Hall–Kier alpha value is -0.120. The minimum atomic E-state index is -0.106. The van der Waals surface area contributed by atoms with E-state index in [1.54, 1.807) is 0 Å². The first-order chi connectivity index (χ1) is 8.19. The van der Waals surface area contributed by atoms with Gasteiger partial charge in [-0.1, -0.05) is 13.3 Å². The van der Waals surface area contributed by atoms with Crippen molar-refractivity contribution in [3.8, 4) is 0 Å². The van der Waals surface area contributed by atoms with E-state index in [1.165, 1.54) is 25.7 Å². The third-order valence-electron chi connectivity index (χ3n) is 4.70. The lowest BCUT2D eigenvalue weighted by Gasteiger charge is -2.39. The van der Waals surface area contributed by atoms with Crippen molar-refractivity contribution in [2.75, 3.05) is 19.6 Å². The molecule has 3 nitrogen and oxygen atoms in total. The number of rotatable bonds is 3. The molecule has 0 radical (unpaired) electrons. The Morgan fingerprint density at radius 3 is 2.82 bits per heavy atom. The molecule has 0 aromatic rings. The predicted molar refractivity (Wildman–Crippen MR) is 70.8 cm³/mol. The maximum absolute atomic E-state index is 9.70. The summed E-state index contributed by atoms with van der Waals surface area (Å²) in [5.74, 6) is 1.54. The van der Waals surface area contributed by atoms with Gasteiger partial charge >= 0.3 is 0 Å². The molecule has 2 rings (SSSR count). The van der Waals surface area contributed by atoms with Crippen molar-refractivity contribution in [2.45, 2.75) is 57.6 Å². The fraction of sp³-hybridized carbons (Fsp3) is 1.00. The van der Waals surface area contributed by atoms with Crippen LogP contribution in [0.25, 0.3) is 0 Å². The van der Waals surface area contributed by atoms with Crippen molar-refractivity contribution >= 4 is 0 Å². The normalized spacial score (nSPS) is 40.4. The summed E-state index contributed by atoms with van der Waals surface area (Å²) in [6.45, 7) is 5.41. The largest absolute Gasteiger partial charge is 0.392 e. The number of aliphatic hydroxyl groups is 1. The highest BCUT2D eigenvalue weighted by atomic mass is 16.3. The average Bonchev–Trinajstić information content (AvgIpc) is 2.32. The molecule has 2 aliphatic rings. The van der Waals surface area contributed by atoms with Gasteiger partial charge in [-0.05, 0) is 50.5 Å². The van der Waals surface area contributed by atoms with Gasteiger partial charge in [0.1, 0.15) is 0 Å². The molecule has 0 aromatic carbocycles. The van der Waals surface area contributed by atoms with Crippen molar-refractivity contribution in [1.29, 1.82) is 0 Å². The summed E-state index contributed by atoms with van der Waals surface area (Å²) in [5, 5.41) is 9.70. The van der Waals surface area contributed by atoms with Crippen LogP contribution in [0.2, 0.25) is 0 Å². The van der Waals surface area contributed by atoms with E-state index in [0.29, 0.717) is 12.0 Å². The molecular formula is C14H28N2O. The lowest BCUT2D eigenvalue weighted by atomic mass is 9.77. The number of β-amino-alcohol motifs (C(OH)–C–C–N with tert-alkyl or cyclic N) is 1. The predicted octanol–water partition coefficient (Wildman–Crippen LogP) is 1.60. The van der Waals surface area contributed by atoms with Crippen LogP contribution in [-0.4, -0.2) is 41.8 Å². The van der Waals surface area contributed by atoms with E-state index >= 15 is 0 Å². The topological polar surface area (TPSA) is 49.5 Å². The molecule has 4 atom stereocenters. The van der Waals surface area contributed by atoms with Crippen LogP contribution < -0.4 is 5.73 Å². The summed E-state index contributed by atoms with van der Waals surface area (Å²) < 4.78 is 0. The molecule has 17 heavy (non-hydrogen) atoms. The Labute approximate surface area is 105 Å². The van der Waals surface area contributed by atoms with Crippen molar-refractivity contribution in [1.82, 2.24) is 4.90 Å². The van der Waals surface area contributed by atoms with Crippen LogP contribution in [0.3, 0.4) is 0 Å². The van der Waals surface area contributed by atoms with Crippen molar-refractivity contribution in [2.24, 2.45) is 17.6 Å². The van der Waals surface area contributed by atoms with Crippen molar-refractivity contribution in [3.63, 3.8) is 0 Å². The van der Waals surface area contributed by atoms with Gasteiger partial charge in [0, 0.05) is 19.1 Å². The van der Waals surface area contributed by atoms with Gasteiger partial charge < -0.3 is 15.7 Å². The van der Waals surface area contributed by atoms with Crippen LogP contribution in [0.5, 0.6) is 0 Å². The highest BCUT2D eigenvalue weighted by Gasteiger charge is 2.29. The number of piperidine rings is 1. The van der Waals surface area contributed by atoms with E-state index in [2.05, 4.69) is 11.8 Å². The quantitative estimate of drug-likeness (QED) is 0.788. The first-order valence-electron chi connectivity index (χ1n) is 7.35. The molecule has 3 heteroatoms. The summed E-state index contributed by atoms with van der Waals surface area (Å²) in [4.78, 5) is 2.43. The number of nitrogens with zero attached hydrogens (tertiary/aromatic N) is 1. The molecule has 100 valence electrons. The van der Waals surface area contributed by atoms with E-state index in [9.17, 15) is 5.11 Å². The van der Waals surface area contributed by atoms with Crippen molar-refractivity contribution in [3.05, 3.63) is 0 Å². The van der Waals surface area contributed by atoms with Gasteiger partial charge in [0.2, 0.25) is 0 Å². The Kier molecular flexibility index (Phi) is 4.83. The minimum Gasteiger partial charge on any atom is -0.392 e. The fourth-order valence-corrected chi connectivity index (χ4v) is 3.49. The number of hydrogen-bond acceptors (Lipinski definition) is 3. The molecule has 1 aliphatic carbocycles.